The molecule has 0 atom stereocenters. The first-order valence-corrected chi connectivity index (χ1v) is 8.99. The summed E-state index contributed by atoms with van der Waals surface area (Å²) >= 11 is 0. The Kier molecular flexibility index (Phi) is 4.37. The second-order valence-electron chi connectivity index (χ2n) is 6.83. The predicted molar refractivity (Wildman–Crippen MR) is 104 cm³/mol. The molecule has 8 heteroatoms. The molecule has 0 fully saturated rings. The number of alkyl halides is 3. The lowest BCUT2D eigenvalue weighted by atomic mass is 9.98. The van der Waals surface area contributed by atoms with Gasteiger partial charge in [-0.05, 0) is 24.6 Å². The summed E-state index contributed by atoms with van der Waals surface area (Å²) in [6, 6.07) is 6.98. The third-order valence-electron chi connectivity index (χ3n) is 4.91. The molecule has 0 saturated carbocycles. The molecule has 29 heavy (non-hydrogen) atoms. The number of aromatic nitrogens is 2. The molecule has 0 saturated heterocycles. The number of nitrogens with two attached hydrogens (primary N) is 1. The van der Waals surface area contributed by atoms with Crippen LogP contribution < -0.4 is 5.73 Å². The van der Waals surface area contributed by atoms with Gasteiger partial charge in [-0.15, -0.1) is 0 Å². The van der Waals surface area contributed by atoms with E-state index in [0.29, 0.717) is 28.9 Å². The van der Waals surface area contributed by atoms with Gasteiger partial charge >= 0.3 is 6.18 Å². The highest BCUT2D eigenvalue weighted by molar-refractivity contribution is 6.12. The fourth-order valence-electron chi connectivity index (χ4n) is 3.55. The molecule has 0 amide bonds. The highest BCUT2D eigenvalue weighted by atomic mass is 19.4. The van der Waals surface area contributed by atoms with E-state index in [2.05, 4.69) is 4.98 Å². The molecule has 0 radical (unpaired) electrons. The van der Waals surface area contributed by atoms with Gasteiger partial charge in [0.1, 0.15) is 5.82 Å². The topological polar surface area (TPSA) is 64.1 Å². The van der Waals surface area contributed by atoms with Crippen LogP contribution in [0.25, 0.3) is 32.9 Å². The van der Waals surface area contributed by atoms with E-state index in [0.717, 1.165) is 18.6 Å². The molecular formula is C21H17F4N3O. The van der Waals surface area contributed by atoms with Crippen molar-refractivity contribution in [2.75, 3.05) is 5.73 Å². The van der Waals surface area contributed by atoms with Gasteiger partial charge in [0.05, 0.1) is 27.7 Å². The molecule has 0 unspecified atom stereocenters. The third kappa shape index (κ3) is 3.04. The van der Waals surface area contributed by atoms with Crippen molar-refractivity contribution in [3.63, 3.8) is 0 Å². The maximum atomic E-state index is 14.5. The minimum absolute atomic E-state index is 0.0237. The molecule has 2 aromatic heterocycles. The minimum Gasteiger partial charge on any atom is -0.494 e. The number of nitrogens with zero attached hydrogens (tertiary/aromatic N) is 2. The molecule has 3 N–H and O–H groups in total. The minimum atomic E-state index is -4.60. The Morgan fingerprint density at radius 3 is 2.59 bits per heavy atom. The van der Waals surface area contributed by atoms with Gasteiger partial charge < -0.3 is 15.4 Å². The van der Waals surface area contributed by atoms with Crippen LogP contribution in [0.4, 0.5) is 23.2 Å². The van der Waals surface area contributed by atoms with Crippen molar-refractivity contribution in [2.24, 2.45) is 0 Å². The fraction of sp³-hybridized carbons (Fsp3) is 0.190. The summed E-state index contributed by atoms with van der Waals surface area (Å²) in [5, 5.41) is 11.3. The summed E-state index contributed by atoms with van der Waals surface area (Å²) in [6.45, 7) is 2.50. The number of aromatic hydroxyl groups is 1. The highest BCUT2D eigenvalue weighted by Crippen LogP contribution is 2.40. The zero-order chi connectivity index (χ0) is 20.9. The second kappa shape index (κ2) is 6.65. The van der Waals surface area contributed by atoms with E-state index in [1.807, 2.05) is 6.92 Å². The first-order valence-electron chi connectivity index (χ1n) is 8.99. The number of halogens is 4. The van der Waals surface area contributed by atoms with Crippen molar-refractivity contribution in [1.82, 2.24) is 9.55 Å². The summed E-state index contributed by atoms with van der Waals surface area (Å²) in [7, 11) is 0. The number of anilines is 1. The average molecular weight is 403 g/mol. The van der Waals surface area contributed by atoms with Crippen LogP contribution in [-0.4, -0.2) is 14.7 Å². The lowest BCUT2D eigenvalue weighted by Gasteiger charge is -2.12. The molecule has 2 heterocycles. The van der Waals surface area contributed by atoms with Gasteiger partial charge in [-0.2, -0.15) is 13.2 Å². The van der Waals surface area contributed by atoms with E-state index in [1.165, 1.54) is 6.07 Å². The number of benzene rings is 2. The number of pyridine rings is 1. The number of rotatable bonds is 3. The van der Waals surface area contributed by atoms with Gasteiger partial charge in [0.2, 0.25) is 5.88 Å². The summed E-state index contributed by atoms with van der Waals surface area (Å²) in [4.78, 5) is 4.50. The number of hydrogen-bond acceptors (Lipinski definition) is 3. The Labute approximate surface area is 163 Å². The van der Waals surface area contributed by atoms with E-state index < -0.39 is 17.6 Å². The van der Waals surface area contributed by atoms with Gasteiger partial charge in [-0.1, -0.05) is 25.1 Å². The van der Waals surface area contributed by atoms with Crippen molar-refractivity contribution < 1.29 is 22.7 Å². The molecule has 2 aromatic carbocycles. The fourth-order valence-corrected chi connectivity index (χ4v) is 3.55. The monoisotopic (exact) mass is 403 g/mol. The maximum absolute atomic E-state index is 14.5. The van der Waals surface area contributed by atoms with Gasteiger partial charge in [0.25, 0.3) is 0 Å². The quantitative estimate of drug-likeness (QED) is 0.431. The largest absolute Gasteiger partial charge is 0.494 e. The Hall–Kier alpha value is -3.29. The summed E-state index contributed by atoms with van der Waals surface area (Å²) < 4.78 is 55.5. The summed E-state index contributed by atoms with van der Waals surface area (Å²) in [5.41, 5.74) is 6.19. The van der Waals surface area contributed by atoms with Crippen LogP contribution in [-0.2, 0) is 12.7 Å². The number of nitrogen functional groups attached to an aromatic ring is 1. The van der Waals surface area contributed by atoms with Crippen LogP contribution >= 0.6 is 0 Å². The molecular weight excluding hydrogens is 386 g/mol. The molecule has 0 aliphatic rings. The van der Waals surface area contributed by atoms with Crippen LogP contribution in [0, 0.1) is 5.82 Å². The van der Waals surface area contributed by atoms with Crippen molar-refractivity contribution in [3.05, 3.63) is 54.0 Å². The van der Waals surface area contributed by atoms with E-state index in [-0.39, 0.29) is 28.2 Å². The van der Waals surface area contributed by atoms with Crippen LogP contribution in [0.15, 0.2) is 42.6 Å². The van der Waals surface area contributed by atoms with E-state index >= 15 is 0 Å². The van der Waals surface area contributed by atoms with Crippen molar-refractivity contribution in [1.29, 1.82) is 0 Å². The number of aryl methyl sites for hydroxylation is 1. The number of para-hydroxylation sites is 1. The zero-order valence-corrected chi connectivity index (χ0v) is 15.4. The average Bonchev–Trinajstić information content (AvgIpc) is 2.97. The standard InChI is InChI=1S/C21H17F4N3O/c1-2-8-28-10-16-17(20(28)29)18(26)13-5-3-4-12(19(13)27-16)14-9-11(21(23,24)25)6-7-15(14)22/h3-7,9-10,29H,2,8,26H2,1H3. The molecule has 0 aliphatic carbocycles. The van der Waals surface area contributed by atoms with Crippen molar-refractivity contribution in [2.45, 2.75) is 26.1 Å². The Bertz CT molecular complexity index is 1240. The first-order chi connectivity index (χ1) is 13.7. The maximum Gasteiger partial charge on any atom is 0.416 e. The molecule has 4 rings (SSSR count). The molecule has 0 aliphatic heterocycles. The lowest BCUT2D eigenvalue weighted by molar-refractivity contribution is -0.137. The van der Waals surface area contributed by atoms with Crippen molar-refractivity contribution in [3.8, 4) is 17.0 Å². The molecule has 4 nitrogen and oxygen atoms in total. The Morgan fingerprint density at radius 1 is 1.14 bits per heavy atom. The smallest absolute Gasteiger partial charge is 0.416 e. The zero-order valence-electron chi connectivity index (χ0n) is 15.4. The van der Waals surface area contributed by atoms with Gasteiger partial charge in [0.15, 0.2) is 0 Å². The molecule has 4 aromatic rings. The molecule has 0 spiro atoms. The second-order valence-corrected chi connectivity index (χ2v) is 6.83. The highest BCUT2D eigenvalue weighted by Gasteiger charge is 2.31. The van der Waals surface area contributed by atoms with Gasteiger partial charge in [-0.3, -0.25) is 0 Å². The molecule has 0 bridgehead atoms. The van der Waals surface area contributed by atoms with Crippen LogP contribution in [0.2, 0.25) is 0 Å². The Morgan fingerprint density at radius 2 is 1.90 bits per heavy atom. The Balaban J connectivity index is 2.04. The van der Waals surface area contributed by atoms with Crippen LogP contribution in [0.1, 0.15) is 18.9 Å². The number of hydrogen-bond donors (Lipinski definition) is 2. The van der Waals surface area contributed by atoms with Crippen LogP contribution in [0.3, 0.4) is 0 Å². The van der Waals surface area contributed by atoms with Crippen molar-refractivity contribution >= 4 is 27.5 Å². The van der Waals surface area contributed by atoms with E-state index in [1.54, 1.807) is 22.9 Å². The summed E-state index contributed by atoms with van der Waals surface area (Å²) in [6.07, 6.45) is -2.20. The normalized spacial score (nSPS) is 12.2. The van der Waals surface area contributed by atoms with Gasteiger partial charge in [0, 0.05) is 29.3 Å². The van der Waals surface area contributed by atoms with E-state index in [9.17, 15) is 22.7 Å². The molecule has 150 valence electrons. The SMILES string of the molecule is CCCn1cc2nc3c(-c4cc(C(F)(F)F)ccc4F)cccc3c(N)c2c1O. The van der Waals surface area contributed by atoms with E-state index in [4.69, 9.17) is 5.73 Å². The van der Waals surface area contributed by atoms with Crippen LogP contribution in [0.5, 0.6) is 5.88 Å². The lowest BCUT2D eigenvalue weighted by Crippen LogP contribution is -2.05. The van der Waals surface area contributed by atoms with Gasteiger partial charge in [-0.25, -0.2) is 9.37 Å². The first kappa shape index (κ1) is 19.0. The predicted octanol–water partition coefficient (Wildman–Crippen LogP) is 5.71. The number of fused-ring (bicyclic) bond motifs is 2. The summed E-state index contributed by atoms with van der Waals surface area (Å²) in [5.74, 6) is -0.818. The third-order valence-corrected chi connectivity index (χ3v) is 4.91.